The van der Waals surface area contributed by atoms with Crippen molar-refractivity contribution in [2.24, 2.45) is 0 Å². The van der Waals surface area contributed by atoms with Crippen molar-refractivity contribution in [2.45, 2.75) is 200 Å². The van der Waals surface area contributed by atoms with Gasteiger partial charge in [-0.15, -0.1) is 23.5 Å². The lowest BCUT2D eigenvalue weighted by Crippen LogP contribution is -2.53. The molecule has 0 saturated heterocycles. The number of pyridine rings is 2. The van der Waals surface area contributed by atoms with Gasteiger partial charge in [0.25, 0.3) is 0 Å². The normalized spacial score (nSPS) is 28.8. The van der Waals surface area contributed by atoms with Crippen molar-refractivity contribution in [3.8, 4) is 0 Å². The molecule has 2 aromatic rings. The van der Waals surface area contributed by atoms with E-state index in [0.29, 0.717) is 73.5 Å². The second-order valence-corrected chi connectivity index (χ2v) is 22.3. The van der Waals surface area contributed by atoms with E-state index in [-0.39, 0.29) is 19.2 Å². The number of carbonyl (C=O) groups is 2. The van der Waals surface area contributed by atoms with E-state index in [1.807, 2.05) is 0 Å². The molecular formula is C51H83N11O4S2. The highest BCUT2D eigenvalue weighted by Crippen LogP contribution is 2.26. The zero-order valence-electron chi connectivity index (χ0n) is 40.7. The third kappa shape index (κ3) is 17.0. The van der Waals surface area contributed by atoms with Gasteiger partial charge in [-0.05, 0) is 87.8 Å². The van der Waals surface area contributed by atoms with Crippen molar-refractivity contribution in [3.63, 3.8) is 0 Å². The van der Waals surface area contributed by atoms with E-state index >= 15 is 0 Å². The van der Waals surface area contributed by atoms with Crippen LogP contribution in [-0.4, -0.2) is 128 Å². The number of thioether (sulfide) groups is 2. The van der Waals surface area contributed by atoms with Crippen LogP contribution in [0.4, 0.5) is 4.79 Å². The molecule has 1 amide bonds. The number of hydrogen-bond acceptors (Lipinski definition) is 16. The Labute approximate surface area is 415 Å². The molecule has 9 N–H and O–H groups in total. The van der Waals surface area contributed by atoms with Crippen LogP contribution in [0.2, 0.25) is 0 Å². The summed E-state index contributed by atoms with van der Waals surface area (Å²) in [6.07, 6.45) is 20.3. The monoisotopic (exact) mass is 978 g/mol. The van der Waals surface area contributed by atoms with Crippen molar-refractivity contribution in [3.05, 3.63) is 47.0 Å². The van der Waals surface area contributed by atoms with E-state index in [1.54, 1.807) is 23.5 Å². The van der Waals surface area contributed by atoms with Gasteiger partial charge in [-0.3, -0.25) is 14.8 Å². The van der Waals surface area contributed by atoms with Crippen LogP contribution >= 0.6 is 23.5 Å². The quantitative estimate of drug-likeness (QED) is 0.0748. The van der Waals surface area contributed by atoms with Gasteiger partial charge < -0.3 is 57.3 Å². The maximum Gasteiger partial charge on any atom is 0.407 e. The Morgan fingerprint density at radius 1 is 0.485 bits per heavy atom. The average molecular weight is 978 g/mol. The Morgan fingerprint density at radius 2 is 0.824 bits per heavy atom. The zero-order chi connectivity index (χ0) is 46.6. The summed E-state index contributed by atoms with van der Waals surface area (Å²) in [4.78, 5) is 37.7. The Bertz CT molecular complexity index is 1620. The molecule has 0 spiro atoms. The molecule has 378 valence electrons. The summed E-state index contributed by atoms with van der Waals surface area (Å²) >= 11 is 3.49. The standard InChI is InChI=1S/C51H83N11O4S2/c63-50(18-9-26-67-40-28-36-32-57-46-14-5-1-10-42(46)52-19-20-53-43-11-2-6-15-47(43)58-33-37(29-40)61-36)65-24-25-66-51(64)56-23-27-68-41-30-38-34-59-48-16-7-3-12-44(48)54-21-22-55-45-13-4-8-17-49(45)60-35-39(31-41)62-38/h28-31,42-49,52-55,57-60H,1-27,32-35H2,(H,56,64)/t42-,43-,44-,45-,46-,47?,48-,49-/m1/s1. The number of carbonyl (C=O) groups excluding carboxylic acids is 2. The van der Waals surface area contributed by atoms with Crippen LogP contribution in [0.25, 0.3) is 0 Å². The van der Waals surface area contributed by atoms with Crippen LogP contribution in [-0.2, 0) is 40.4 Å². The number of amides is 1. The van der Waals surface area contributed by atoms with E-state index in [0.717, 1.165) is 85.8 Å². The van der Waals surface area contributed by atoms with E-state index < -0.39 is 6.09 Å². The first-order valence-corrected chi connectivity index (χ1v) is 28.7. The van der Waals surface area contributed by atoms with Gasteiger partial charge in [-0.1, -0.05) is 51.4 Å². The molecule has 17 heteroatoms. The third-order valence-corrected chi connectivity index (χ3v) is 17.0. The topological polar surface area (TPSA) is 187 Å². The third-order valence-electron chi connectivity index (χ3n) is 14.9. The fourth-order valence-electron chi connectivity index (χ4n) is 11.4. The molecule has 2 aromatic heterocycles. The van der Waals surface area contributed by atoms with Crippen LogP contribution in [0, 0.1) is 0 Å². The molecule has 4 heterocycles. The molecule has 8 atom stereocenters. The van der Waals surface area contributed by atoms with Crippen molar-refractivity contribution < 1.29 is 19.1 Å². The summed E-state index contributed by atoms with van der Waals surface area (Å²) in [5, 5.41) is 33.8. The molecule has 4 fully saturated rings. The summed E-state index contributed by atoms with van der Waals surface area (Å²) in [7, 11) is 0. The summed E-state index contributed by atoms with van der Waals surface area (Å²) in [6.45, 7) is 7.50. The summed E-state index contributed by atoms with van der Waals surface area (Å²) in [6, 6.07) is 12.6. The number of aromatic nitrogens is 2. The minimum absolute atomic E-state index is 0.0191. The first-order chi connectivity index (χ1) is 33.5. The van der Waals surface area contributed by atoms with Crippen LogP contribution in [0.5, 0.6) is 0 Å². The molecule has 0 radical (unpaired) electrons. The Morgan fingerprint density at radius 3 is 1.21 bits per heavy atom. The highest BCUT2D eigenvalue weighted by atomic mass is 32.2. The Hall–Kier alpha value is -2.58. The van der Waals surface area contributed by atoms with Gasteiger partial charge in [0.1, 0.15) is 13.2 Å². The molecular weight excluding hydrogens is 895 g/mol. The lowest BCUT2D eigenvalue weighted by Gasteiger charge is -2.34. The zero-order valence-corrected chi connectivity index (χ0v) is 42.3. The van der Waals surface area contributed by atoms with Crippen molar-refractivity contribution in [1.82, 2.24) is 57.8 Å². The number of nitrogens with one attached hydrogen (secondary N) is 9. The second-order valence-electron chi connectivity index (χ2n) is 20.0. The van der Waals surface area contributed by atoms with E-state index in [4.69, 9.17) is 19.4 Å². The second kappa shape index (κ2) is 28.5. The number of ether oxygens (including phenoxy) is 2. The van der Waals surface area contributed by atoms with Gasteiger partial charge in [0.05, 0.1) is 22.8 Å². The van der Waals surface area contributed by atoms with Crippen LogP contribution in [0.1, 0.15) is 138 Å². The number of alkyl carbamates (subject to hydrolysis) is 1. The maximum absolute atomic E-state index is 12.6. The van der Waals surface area contributed by atoms with E-state index in [1.165, 1.54) is 108 Å². The smallest absolute Gasteiger partial charge is 0.407 e. The summed E-state index contributed by atoms with van der Waals surface area (Å²) < 4.78 is 10.8. The molecule has 68 heavy (non-hydrogen) atoms. The van der Waals surface area contributed by atoms with Gasteiger partial charge in [0.2, 0.25) is 0 Å². The molecule has 4 saturated carbocycles. The highest BCUT2D eigenvalue weighted by molar-refractivity contribution is 7.99. The lowest BCUT2D eigenvalue weighted by atomic mass is 9.89. The number of nitrogens with zero attached hydrogens (tertiary/aromatic N) is 2. The van der Waals surface area contributed by atoms with Gasteiger partial charge in [0.15, 0.2) is 0 Å². The average Bonchev–Trinajstić information content (AvgIpc) is 3.37. The molecule has 6 aliphatic rings. The Kier molecular flexibility index (Phi) is 21.7. The molecule has 15 nitrogen and oxygen atoms in total. The van der Waals surface area contributed by atoms with Gasteiger partial charge >= 0.3 is 12.1 Å². The highest BCUT2D eigenvalue weighted by Gasteiger charge is 2.29. The molecule has 4 bridgehead atoms. The number of hydrogen-bond donors (Lipinski definition) is 9. The first-order valence-electron chi connectivity index (χ1n) is 26.7. The SMILES string of the molecule is O=C(CCCSc1cc2nc(c1)CN[C@@H]1CCCC[C@H]1NCCN[C@@H]1CCCCC1NC2)OCCOC(=O)NCCSc1cc2nc(c1)CN[C@@H]1CCCC[C@H]1NCCN[C@@H]1CCCC[C@H]1NC2. The fraction of sp³-hybridized carbons (Fsp3) is 0.765. The van der Waals surface area contributed by atoms with Gasteiger partial charge in [-0.2, -0.15) is 0 Å². The largest absolute Gasteiger partial charge is 0.462 e. The lowest BCUT2D eigenvalue weighted by molar-refractivity contribution is -0.144. The molecule has 1 unspecified atom stereocenters. The molecule has 4 aliphatic carbocycles. The first kappa shape index (κ1) is 51.8. The number of esters is 1. The van der Waals surface area contributed by atoms with E-state index in [9.17, 15) is 9.59 Å². The van der Waals surface area contributed by atoms with Gasteiger partial charge in [0, 0.05) is 129 Å². The van der Waals surface area contributed by atoms with Crippen LogP contribution < -0.4 is 47.9 Å². The van der Waals surface area contributed by atoms with E-state index in [2.05, 4.69) is 72.1 Å². The molecule has 2 aliphatic heterocycles. The summed E-state index contributed by atoms with van der Waals surface area (Å²) in [5.74, 6) is 1.22. The van der Waals surface area contributed by atoms with Crippen LogP contribution in [0.15, 0.2) is 34.1 Å². The minimum atomic E-state index is -0.503. The predicted octanol–water partition coefficient (Wildman–Crippen LogP) is 5.40. The maximum atomic E-state index is 12.6. The number of rotatable bonds is 12. The van der Waals surface area contributed by atoms with Crippen molar-refractivity contribution in [1.29, 1.82) is 0 Å². The number of fused-ring (bicyclic) bond motifs is 8. The fourth-order valence-corrected chi connectivity index (χ4v) is 13.2. The molecule has 0 aromatic carbocycles. The predicted molar refractivity (Wildman–Crippen MR) is 273 cm³/mol. The molecule has 8 rings (SSSR count). The Balaban J connectivity index is 0.734. The van der Waals surface area contributed by atoms with Crippen molar-refractivity contribution >= 4 is 35.6 Å². The summed E-state index contributed by atoms with van der Waals surface area (Å²) in [5.41, 5.74) is 4.27. The van der Waals surface area contributed by atoms with Gasteiger partial charge in [-0.25, -0.2) is 4.79 Å². The van der Waals surface area contributed by atoms with Crippen molar-refractivity contribution in [2.75, 3.05) is 57.4 Å². The minimum Gasteiger partial charge on any atom is -0.462 e. The van der Waals surface area contributed by atoms with Crippen LogP contribution in [0.3, 0.4) is 0 Å².